The average Bonchev–Trinajstić information content (AvgIpc) is 2.90. The van der Waals surface area contributed by atoms with Gasteiger partial charge < -0.3 is 15.0 Å². The number of carbonyl (C=O) groups excluding carboxylic acids is 1. The molecule has 116 valence electrons. The lowest BCUT2D eigenvalue weighted by Gasteiger charge is -2.24. The van der Waals surface area contributed by atoms with Crippen molar-refractivity contribution >= 4 is 17.5 Å². The number of likely N-dealkylation sites (tertiary alicyclic amines) is 1. The van der Waals surface area contributed by atoms with Crippen molar-refractivity contribution in [2.75, 3.05) is 26.7 Å². The van der Waals surface area contributed by atoms with E-state index in [4.69, 9.17) is 16.3 Å². The first-order valence-electron chi connectivity index (χ1n) is 7.13. The molecule has 1 aliphatic heterocycles. The predicted molar refractivity (Wildman–Crippen MR) is 80.2 cm³/mol. The summed E-state index contributed by atoms with van der Waals surface area (Å²) in [4.78, 5) is 14.1. The lowest BCUT2D eigenvalue weighted by atomic mass is 10.2. The van der Waals surface area contributed by atoms with Crippen molar-refractivity contribution in [2.24, 2.45) is 0 Å². The molecule has 1 aliphatic rings. The monoisotopic (exact) mass is 314 g/mol. The Hall–Kier alpha value is -1.33. The number of carbonyl (C=O) groups is 1. The Balaban J connectivity index is 1.81. The van der Waals surface area contributed by atoms with Gasteiger partial charge in [-0.2, -0.15) is 0 Å². The Kier molecular flexibility index (Phi) is 5.82. The fraction of sp³-hybridized carbons (Fsp3) is 0.533. The molecule has 1 saturated heterocycles. The quantitative estimate of drug-likeness (QED) is 0.877. The zero-order valence-electron chi connectivity index (χ0n) is 12.1. The number of amides is 1. The van der Waals surface area contributed by atoms with E-state index < -0.39 is 5.82 Å². The Bertz CT molecular complexity index is 499. The van der Waals surface area contributed by atoms with Crippen molar-refractivity contribution in [3.8, 4) is 5.75 Å². The van der Waals surface area contributed by atoms with Crippen LogP contribution < -0.4 is 10.1 Å². The molecule has 1 atom stereocenters. The highest BCUT2D eigenvalue weighted by Gasteiger charge is 2.27. The number of halogens is 2. The molecular formula is C15H20ClFN2O2. The Morgan fingerprint density at radius 1 is 1.57 bits per heavy atom. The third kappa shape index (κ3) is 4.32. The van der Waals surface area contributed by atoms with Gasteiger partial charge in [0.1, 0.15) is 11.6 Å². The molecule has 4 nitrogen and oxygen atoms in total. The average molecular weight is 315 g/mol. The second-order valence-electron chi connectivity index (χ2n) is 5.11. The Morgan fingerprint density at radius 3 is 3.10 bits per heavy atom. The number of benzene rings is 1. The van der Waals surface area contributed by atoms with Crippen LogP contribution in [-0.4, -0.2) is 43.6 Å². The van der Waals surface area contributed by atoms with Crippen LogP contribution in [0.5, 0.6) is 5.75 Å². The van der Waals surface area contributed by atoms with Gasteiger partial charge in [-0.15, -0.1) is 0 Å². The Labute approximate surface area is 129 Å². The summed E-state index contributed by atoms with van der Waals surface area (Å²) in [5.41, 5.74) is 0. The minimum Gasteiger partial charge on any atom is -0.491 e. The number of nitrogens with one attached hydrogen (secondary N) is 1. The zero-order chi connectivity index (χ0) is 15.2. The number of hydrogen-bond acceptors (Lipinski definition) is 3. The minimum atomic E-state index is -0.407. The molecule has 0 aromatic heterocycles. The summed E-state index contributed by atoms with van der Waals surface area (Å²) in [5, 5.41) is 3.33. The van der Waals surface area contributed by atoms with E-state index in [9.17, 15) is 9.18 Å². The second kappa shape index (κ2) is 7.61. The topological polar surface area (TPSA) is 41.6 Å². The Morgan fingerprint density at radius 2 is 2.38 bits per heavy atom. The van der Waals surface area contributed by atoms with Gasteiger partial charge in [0.15, 0.2) is 0 Å². The highest BCUT2D eigenvalue weighted by Crippen LogP contribution is 2.25. The number of likely N-dealkylation sites (N-methyl/N-ethyl adjacent to an activating group) is 1. The molecule has 0 aliphatic carbocycles. The van der Waals surface area contributed by atoms with Crippen LogP contribution >= 0.6 is 11.6 Å². The first-order chi connectivity index (χ1) is 10.1. The number of nitrogens with zero attached hydrogens (tertiary/aromatic N) is 1. The van der Waals surface area contributed by atoms with Crippen molar-refractivity contribution in [1.82, 2.24) is 10.2 Å². The molecule has 0 bridgehead atoms. The first-order valence-corrected chi connectivity index (χ1v) is 7.51. The molecule has 21 heavy (non-hydrogen) atoms. The van der Waals surface area contributed by atoms with Gasteiger partial charge in [0.2, 0.25) is 5.91 Å². The van der Waals surface area contributed by atoms with E-state index in [2.05, 4.69) is 5.32 Å². The van der Waals surface area contributed by atoms with E-state index in [1.165, 1.54) is 18.2 Å². The fourth-order valence-electron chi connectivity index (χ4n) is 2.60. The summed E-state index contributed by atoms with van der Waals surface area (Å²) >= 11 is 5.87. The van der Waals surface area contributed by atoms with Crippen LogP contribution in [0.1, 0.15) is 19.3 Å². The minimum absolute atomic E-state index is 0.0889. The van der Waals surface area contributed by atoms with E-state index >= 15 is 0 Å². The van der Waals surface area contributed by atoms with E-state index in [1.807, 2.05) is 11.9 Å². The number of hydrogen-bond donors (Lipinski definition) is 1. The summed E-state index contributed by atoms with van der Waals surface area (Å²) in [6.45, 7) is 1.87. The van der Waals surface area contributed by atoms with Crippen LogP contribution in [0, 0.1) is 5.82 Å². The second-order valence-corrected chi connectivity index (χ2v) is 5.52. The highest BCUT2D eigenvalue weighted by molar-refractivity contribution is 6.32. The van der Waals surface area contributed by atoms with Gasteiger partial charge >= 0.3 is 0 Å². The molecule has 1 aromatic carbocycles. The molecule has 1 amide bonds. The molecule has 0 unspecified atom stereocenters. The fourth-order valence-corrected chi connectivity index (χ4v) is 2.82. The molecule has 0 saturated carbocycles. The SMILES string of the molecule is CNC[C@@H]1CCCN1C(=O)CCOc1ccc(F)cc1Cl. The van der Waals surface area contributed by atoms with Gasteiger partial charge in [-0.25, -0.2) is 4.39 Å². The first kappa shape index (κ1) is 16.0. The van der Waals surface area contributed by atoms with Crippen LogP contribution in [0.2, 0.25) is 5.02 Å². The highest BCUT2D eigenvalue weighted by atomic mass is 35.5. The third-order valence-electron chi connectivity index (χ3n) is 3.60. The maximum absolute atomic E-state index is 12.9. The van der Waals surface area contributed by atoms with Gasteiger partial charge in [0.05, 0.1) is 18.1 Å². The van der Waals surface area contributed by atoms with E-state index in [0.717, 1.165) is 25.9 Å². The normalized spacial score (nSPS) is 18.0. The molecule has 1 heterocycles. The van der Waals surface area contributed by atoms with Crippen molar-refractivity contribution in [2.45, 2.75) is 25.3 Å². The largest absolute Gasteiger partial charge is 0.491 e. The predicted octanol–water partition coefficient (Wildman–Crippen LogP) is 2.46. The molecular weight excluding hydrogens is 295 g/mol. The summed E-state index contributed by atoms with van der Waals surface area (Å²) in [6, 6.07) is 4.23. The zero-order valence-corrected chi connectivity index (χ0v) is 12.8. The van der Waals surface area contributed by atoms with Crippen LogP contribution in [0.4, 0.5) is 4.39 Å². The molecule has 6 heteroatoms. The summed E-state index contributed by atoms with van der Waals surface area (Å²) in [7, 11) is 1.89. The summed E-state index contributed by atoms with van der Waals surface area (Å²) < 4.78 is 18.4. The smallest absolute Gasteiger partial charge is 0.226 e. The maximum atomic E-state index is 12.9. The van der Waals surface area contributed by atoms with Gasteiger partial charge in [-0.05, 0) is 38.1 Å². The van der Waals surface area contributed by atoms with E-state index in [-0.39, 0.29) is 23.6 Å². The van der Waals surface area contributed by atoms with Gasteiger partial charge in [0.25, 0.3) is 0 Å². The van der Waals surface area contributed by atoms with Crippen molar-refractivity contribution < 1.29 is 13.9 Å². The maximum Gasteiger partial charge on any atom is 0.226 e. The standard InChI is InChI=1S/C15H20ClFN2O2/c1-18-10-12-3-2-7-19(12)15(20)6-8-21-14-5-4-11(17)9-13(14)16/h4-5,9,12,18H,2-3,6-8,10H2,1H3/t12-/m0/s1. The molecule has 1 aromatic rings. The molecule has 2 rings (SSSR count). The number of rotatable bonds is 6. The number of ether oxygens (including phenoxy) is 1. The van der Waals surface area contributed by atoms with E-state index in [0.29, 0.717) is 12.2 Å². The lowest BCUT2D eigenvalue weighted by molar-refractivity contribution is -0.132. The van der Waals surface area contributed by atoms with Crippen molar-refractivity contribution in [3.05, 3.63) is 29.0 Å². The lowest BCUT2D eigenvalue weighted by Crippen LogP contribution is -2.41. The molecule has 0 spiro atoms. The van der Waals surface area contributed by atoms with Crippen LogP contribution in [0.25, 0.3) is 0 Å². The third-order valence-corrected chi connectivity index (χ3v) is 3.90. The van der Waals surface area contributed by atoms with Gasteiger partial charge in [0, 0.05) is 19.1 Å². The van der Waals surface area contributed by atoms with Crippen molar-refractivity contribution in [1.29, 1.82) is 0 Å². The molecule has 1 fully saturated rings. The van der Waals surface area contributed by atoms with Crippen LogP contribution in [0.15, 0.2) is 18.2 Å². The molecule has 1 N–H and O–H groups in total. The summed E-state index contributed by atoms with van der Waals surface area (Å²) in [5.74, 6) is 0.0837. The van der Waals surface area contributed by atoms with E-state index in [1.54, 1.807) is 0 Å². The van der Waals surface area contributed by atoms with Crippen LogP contribution in [0.3, 0.4) is 0 Å². The van der Waals surface area contributed by atoms with Gasteiger partial charge in [-0.3, -0.25) is 4.79 Å². The van der Waals surface area contributed by atoms with Gasteiger partial charge in [-0.1, -0.05) is 11.6 Å². The molecule has 0 radical (unpaired) electrons. The summed E-state index contributed by atoms with van der Waals surface area (Å²) in [6.07, 6.45) is 2.38. The van der Waals surface area contributed by atoms with Crippen molar-refractivity contribution in [3.63, 3.8) is 0 Å². The van der Waals surface area contributed by atoms with Crippen LogP contribution in [-0.2, 0) is 4.79 Å².